The smallest absolute Gasteiger partial charge is 0.271 e. The first kappa shape index (κ1) is 12.3. The van der Waals surface area contributed by atoms with Gasteiger partial charge < -0.3 is 4.74 Å². The first-order valence-corrected chi connectivity index (χ1v) is 4.35. The monoisotopic (exact) mass is 246 g/mol. The van der Waals surface area contributed by atoms with Crippen molar-refractivity contribution in [3.63, 3.8) is 0 Å². The number of hydrogen-bond donors (Lipinski definition) is 0. The molecule has 0 spiro atoms. The Balaban J connectivity index is 3.58. The average molecular weight is 247 g/mol. The highest BCUT2D eigenvalue weighted by Crippen LogP contribution is 2.31. The molecule has 0 atom stereocenters. The van der Waals surface area contributed by atoms with Crippen molar-refractivity contribution in [2.75, 3.05) is 7.11 Å². The van der Waals surface area contributed by atoms with Crippen molar-refractivity contribution in [1.82, 2.24) is 4.98 Å². The van der Waals surface area contributed by atoms with Crippen LogP contribution in [0.25, 0.3) is 0 Å². The lowest BCUT2D eigenvalue weighted by Crippen LogP contribution is -2.06. The second-order valence-electron chi connectivity index (χ2n) is 2.65. The molecule has 0 aliphatic heterocycles. The summed E-state index contributed by atoms with van der Waals surface area (Å²) in [6, 6.07) is 1.54. The summed E-state index contributed by atoms with van der Waals surface area (Å²) in [6.45, 7) is 0. The van der Waals surface area contributed by atoms with Gasteiger partial charge >= 0.3 is 0 Å². The second kappa shape index (κ2) is 4.86. The van der Waals surface area contributed by atoms with Crippen molar-refractivity contribution in [2.24, 2.45) is 0 Å². The van der Waals surface area contributed by atoms with Crippen LogP contribution in [0.2, 0.25) is 0 Å². The van der Waals surface area contributed by atoms with Gasteiger partial charge in [0, 0.05) is 0 Å². The van der Waals surface area contributed by atoms with Gasteiger partial charge in [0.2, 0.25) is 0 Å². The molecule has 0 saturated heterocycles. The zero-order valence-electron chi connectivity index (χ0n) is 8.00. The summed E-state index contributed by atoms with van der Waals surface area (Å²) in [5.74, 6) is -0.125. The van der Waals surface area contributed by atoms with Crippen molar-refractivity contribution in [3.8, 4) is 11.8 Å². The molecule has 0 saturated carbocycles. The van der Waals surface area contributed by atoms with Crippen LogP contribution in [-0.4, -0.2) is 17.3 Å². The minimum atomic E-state index is -3.03. The standard InChI is InChI=1S/C9H5ClF2N2O2/c1-16-5-3-14-7(8(10)15)6(9(11)12)4(5)2-13/h3,9H,1H3. The van der Waals surface area contributed by atoms with E-state index in [4.69, 9.17) is 16.9 Å². The molecule has 0 amide bonds. The maximum absolute atomic E-state index is 12.7. The van der Waals surface area contributed by atoms with Crippen LogP contribution in [0.3, 0.4) is 0 Å². The third-order valence-corrected chi connectivity index (χ3v) is 2.00. The minimum absolute atomic E-state index is 0.125. The maximum Gasteiger partial charge on any atom is 0.271 e. The van der Waals surface area contributed by atoms with Crippen LogP contribution in [0.1, 0.15) is 28.0 Å². The molecule has 0 N–H and O–H groups in total. The molecule has 0 fully saturated rings. The molecular formula is C9H5ClF2N2O2. The van der Waals surface area contributed by atoms with Crippen LogP contribution in [0.5, 0.6) is 5.75 Å². The highest BCUT2D eigenvalue weighted by atomic mass is 35.5. The number of carbonyl (C=O) groups excluding carboxylic acids is 1. The fourth-order valence-electron chi connectivity index (χ4n) is 1.15. The Labute approximate surface area is 94.4 Å². The Hall–Kier alpha value is -1.74. The van der Waals surface area contributed by atoms with Gasteiger partial charge in [-0.25, -0.2) is 13.8 Å². The Morgan fingerprint density at radius 2 is 2.31 bits per heavy atom. The first-order chi connectivity index (χ1) is 7.52. The molecule has 1 heterocycles. The molecular weight excluding hydrogens is 242 g/mol. The van der Waals surface area contributed by atoms with E-state index in [1.807, 2.05) is 0 Å². The fourth-order valence-corrected chi connectivity index (χ4v) is 1.30. The van der Waals surface area contributed by atoms with Gasteiger partial charge in [-0.15, -0.1) is 0 Å². The van der Waals surface area contributed by atoms with E-state index in [0.29, 0.717) is 0 Å². The Morgan fingerprint density at radius 1 is 1.69 bits per heavy atom. The molecule has 84 valence electrons. The fraction of sp³-hybridized carbons (Fsp3) is 0.222. The lowest BCUT2D eigenvalue weighted by Gasteiger charge is -2.09. The normalized spacial score (nSPS) is 10.0. The van der Waals surface area contributed by atoms with Crippen molar-refractivity contribution in [3.05, 3.63) is 23.0 Å². The van der Waals surface area contributed by atoms with E-state index in [0.717, 1.165) is 6.20 Å². The number of methoxy groups -OCH3 is 1. The summed E-state index contributed by atoms with van der Waals surface area (Å²) in [4.78, 5) is 14.3. The van der Waals surface area contributed by atoms with Crippen molar-refractivity contribution in [2.45, 2.75) is 6.43 Å². The number of ether oxygens (including phenoxy) is 1. The Kier molecular flexibility index (Phi) is 3.74. The third kappa shape index (κ3) is 2.09. The number of nitrogens with zero attached hydrogens (tertiary/aromatic N) is 2. The maximum atomic E-state index is 12.7. The van der Waals surface area contributed by atoms with Gasteiger partial charge in [0.15, 0.2) is 5.75 Å². The number of hydrogen-bond acceptors (Lipinski definition) is 4. The highest BCUT2D eigenvalue weighted by molar-refractivity contribution is 6.67. The molecule has 0 unspecified atom stereocenters. The van der Waals surface area contributed by atoms with Crippen molar-refractivity contribution >= 4 is 16.8 Å². The van der Waals surface area contributed by atoms with Gasteiger partial charge in [0.1, 0.15) is 17.3 Å². The molecule has 4 nitrogen and oxygen atoms in total. The van der Waals surface area contributed by atoms with E-state index in [1.54, 1.807) is 0 Å². The lowest BCUT2D eigenvalue weighted by atomic mass is 10.1. The molecule has 0 aliphatic carbocycles. The number of rotatable bonds is 3. The van der Waals surface area contributed by atoms with Crippen LogP contribution in [0.15, 0.2) is 6.20 Å². The van der Waals surface area contributed by atoms with Gasteiger partial charge in [-0.3, -0.25) is 4.79 Å². The average Bonchev–Trinajstić information content (AvgIpc) is 2.26. The van der Waals surface area contributed by atoms with Gasteiger partial charge in [-0.2, -0.15) is 5.26 Å². The van der Waals surface area contributed by atoms with E-state index in [1.165, 1.54) is 13.2 Å². The summed E-state index contributed by atoms with van der Waals surface area (Å²) < 4.78 is 30.1. The van der Waals surface area contributed by atoms with Gasteiger partial charge in [0.25, 0.3) is 11.7 Å². The van der Waals surface area contributed by atoms with Gasteiger partial charge in [-0.05, 0) is 11.6 Å². The predicted molar refractivity (Wildman–Crippen MR) is 50.6 cm³/mol. The third-order valence-electron chi connectivity index (χ3n) is 1.82. The number of pyridine rings is 1. The number of carbonyl (C=O) groups is 1. The molecule has 16 heavy (non-hydrogen) atoms. The first-order valence-electron chi connectivity index (χ1n) is 3.97. The summed E-state index contributed by atoms with van der Waals surface area (Å²) in [7, 11) is 1.20. The summed E-state index contributed by atoms with van der Waals surface area (Å²) >= 11 is 5.09. The van der Waals surface area contributed by atoms with Crippen LogP contribution < -0.4 is 4.74 Å². The summed E-state index contributed by atoms with van der Waals surface area (Å²) in [6.07, 6.45) is -2.03. The molecule has 1 aromatic rings. The zero-order valence-corrected chi connectivity index (χ0v) is 8.76. The zero-order chi connectivity index (χ0) is 12.3. The van der Waals surface area contributed by atoms with E-state index in [9.17, 15) is 13.6 Å². The van der Waals surface area contributed by atoms with Crippen LogP contribution >= 0.6 is 11.6 Å². The molecule has 0 aliphatic rings. The quantitative estimate of drug-likeness (QED) is 0.768. The van der Waals surface area contributed by atoms with Crippen LogP contribution in [0, 0.1) is 11.3 Å². The van der Waals surface area contributed by atoms with E-state index < -0.39 is 28.5 Å². The van der Waals surface area contributed by atoms with E-state index >= 15 is 0 Å². The largest absolute Gasteiger partial charge is 0.494 e. The van der Waals surface area contributed by atoms with Crippen molar-refractivity contribution < 1.29 is 18.3 Å². The molecule has 0 aromatic carbocycles. The van der Waals surface area contributed by atoms with E-state index in [-0.39, 0.29) is 5.75 Å². The second-order valence-corrected chi connectivity index (χ2v) is 2.99. The molecule has 0 radical (unpaired) electrons. The molecule has 1 aromatic heterocycles. The predicted octanol–water partition coefficient (Wildman–Crippen LogP) is 2.28. The van der Waals surface area contributed by atoms with E-state index in [2.05, 4.69) is 9.72 Å². The highest BCUT2D eigenvalue weighted by Gasteiger charge is 2.25. The lowest BCUT2D eigenvalue weighted by molar-refractivity contribution is 0.106. The number of alkyl halides is 2. The topological polar surface area (TPSA) is 63.0 Å². The van der Waals surface area contributed by atoms with Crippen molar-refractivity contribution in [1.29, 1.82) is 5.26 Å². The van der Waals surface area contributed by atoms with Crippen LogP contribution in [0.4, 0.5) is 8.78 Å². The van der Waals surface area contributed by atoms with Gasteiger partial charge in [-0.1, -0.05) is 0 Å². The Bertz CT molecular complexity index is 471. The summed E-state index contributed by atoms with van der Waals surface area (Å²) in [5, 5.41) is 7.60. The number of halogens is 3. The SMILES string of the molecule is COc1cnc(C(=O)Cl)c(C(F)F)c1C#N. The minimum Gasteiger partial charge on any atom is -0.494 e. The van der Waals surface area contributed by atoms with Gasteiger partial charge in [0.05, 0.1) is 18.9 Å². The molecule has 0 bridgehead atoms. The summed E-state index contributed by atoms with van der Waals surface area (Å²) in [5.41, 5.74) is -1.87. The molecule has 1 rings (SSSR count). The number of nitriles is 1. The van der Waals surface area contributed by atoms with Crippen LogP contribution in [-0.2, 0) is 0 Å². The molecule has 7 heteroatoms. The number of aromatic nitrogens is 1. The Morgan fingerprint density at radius 3 is 2.69 bits per heavy atom.